The Kier molecular flexibility index (Phi) is 2.52. The Labute approximate surface area is 144 Å². The van der Waals surface area contributed by atoms with Gasteiger partial charge in [0.25, 0.3) is 12.5 Å². The molecule has 2 atom stereocenters. The maximum absolute atomic E-state index is 6.46. The van der Waals surface area contributed by atoms with E-state index in [2.05, 4.69) is 78.1 Å². The van der Waals surface area contributed by atoms with Crippen molar-refractivity contribution in [3.8, 4) is 11.5 Å². The van der Waals surface area contributed by atoms with Crippen LogP contribution in [0.15, 0.2) is 72.8 Å². The lowest BCUT2D eigenvalue weighted by Crippen LogP contribution is -2.91. The highest BCUT2D eigenvalue weighted by Gasteiger charge is 2.41. The van der Waals surface area contributed by atoms with Crippen LogP contribution >= 0.6 is 0 Å². The van der Waals surface area contributed by atoms with Gasteiger partial charge in [-0.2, -0.15) is 0 Å². The van der Waals surface area contributed by atoms with Crippen LogP contribution in [0.5, 0.6) is 11.5 Å². The molecule has 2 N–H and O–H groups in total. The molecule has 0 amide bonds. The molecular weight excluding hydrogens is 310 g/mol. The number of rotatable bonds is 0. The van der Waals surface area contributed by atoms with Crippen molar-refractivity contribution >= 4 is 21.5 Å². The van der Waals surface area contributed by atoms with E-state index in [1.807, 2.05) is 0 Å². The summed E-state index contributed by atoms with van der Waals surface area (Å²) < 4.78 is 12.9. The molecular formula is C22H16NO2+. The Bertz CT molecular complexity index is 1060. The first kappa shape index (κ1) is 13.3. The van der Waals surface area contributed by atoms with Crippen LogP contribution in [0.1, 0.15) is 23.6 Å². The van der Waals surface area contributed by atoms with Crippen molar-refractivity contribution in [1.29, 1.82) is 0 Å². The number of hydrogen-bond donors (Lipinski definition) is 1. The molecule has 6 rings (SSSR count). The largest absolute Gasteiger partial charge is 0.437 e. The van der Waals surface area contributed by atoms with Crippen LogP contribution in [-0.2, 0) is 0 Å². The third kappa shape index (κ3) is 1.79. The minimum atomic E-state index is -0.0725. The smallest absolute Gasteiger partial charge is 0.264 e. The topological polar surface area (TPSA) is 35.1 Å². The van der Waals surface area contributed by atoms with E-state index in [0.29, 0.717) is 0 Å². The molecule has 2 aliphatic heterocycles. The first-order valence-corrected chi connectivity index (χ1v) is 8.60. The average molecular weight is 326 g/mol. The molecule has 0 spiro atoms. The Morgan fingerprint density at radius 2 is 1.04 bits per heavy atom. The minimum Gasteiger partial charge on any atom is -0.437 e. The summed E-state index contributed by atoms with van der Waals surface area (Å²) in [6.07, 6.45) is -0.145. The van der Waals surface area contributed by atoms with Crippen LogP contribution in [0, 0.1) is 0 Å². The van der Waals surface area contributed by atoms with Gasteiger partial charge in [0.2, 0.25) is 0 Å². The summed E-state index contributed by atoms with van der Waals surface area (Å²) in [6.45, 7) is 0. The normalized spacial score (nSPS) is 20.5. The molecule has 0 saturated heterocycles. The van der Waals surface area contributed by atoms with Crippen LogP contribution in [0.4, 0.5) is 0 Å². The van der Waals surface area contributed by atoms with Gasteiger partial charge in [0, 0.05) is 10.8 Å². The number of nitrogens with two attached hydrogens (primary N) is 1. The van der Waals surface area contributed by atoms with Gasteiger partial charge in [-0.15, -0.1) is 0 Å². The molecule has 3 heteroatoms. The first-order valence-electron chi connectivity index (χ1n) is 8.60. The summed E-state index contributed by atoms with van der Waals surface area (Å²) in [4.78, 5) is 0. The lowest BCUT2D eigenvalue weighted by molar-refractivity contribution is -0.797. The zero-order chi connectivity index (χ0) is 16.4. The van der Waals surface area contributed by atoms with Gasteiger partial charge >= 0.3 is 0 Å². The molecule has 3 nitrogen and oxygen atoms in total. The molecule has 0 radical (unpaired) electrons. The van der Waals surface area contributed by atoms with Crippen LogP contribution < -0.4 is 14.8 Å². The van der Waals surface area contributed by atoms with Gasteiger partial charge in [-0.3, -0.25) is 5.32 Å². The fourth-order valence-corrected chi connectivity index (χ4v) is 4.06. The Morgan fingerprint density at radius 1 is 0.560 bits per heavy atom. The van der Waals surface area contributed by atoms with Crippen LogP contribution in [0.2, 0.25) is 0 Å². The van der Waals surface area contributed by atoms with E-state index in [9.17, 15) is 0 Å². The summed E-state index contributed by atoms with van der Waals surface area (Å²) in [5, 5.41) is 6.85. The van der Waals surface area contributed by atoms with E-state index in [4.69, 9.17) is 9.47 Å². The van der Waals surface area contributed by atoms with Crippen molar-refractivity contribution in [3.05, 3.63) is 83.9 Å². The van der Waals surface area contributed by atoms with Gasteiger partial charge in [-0.05, 0) is 22.9 Å². The molecule has 4 aromatic carbocycles. The summed E-state index contributed by atoms with van der Waals surface area (Å²) in [7, 11) is 0. The van der Waals surface area contributed by atoms with Gasteiger partial charge in [0.05, 0.1) is 11.1 Å². The lowest BCUT2D eigenvalue weighted by Gasteiger charge is -2.36. The SMILES string of the molecule is c1ccc2c3c(ccc2c1)[C@@H]1[NH2+][C@H](O3)c2ccc3ccccc3c2O1. The van der Waals surface area contributed by atoms with Gasteiger partial charge in [-0.25, -0.2) is 0 Å². The zero-order valence-corrected chi connectivity index (χ0v) is 13.5. The van der Waals surface area contributed by atoms with Crippen molar-refractivity contribution in [2.45, 2.75) is 12.5 Å². The molecule has 25 heavy (non-hydrogen) atoms. The maximum atomic E-state index is 6.46. The molecule has 2 aliphatic rings. The van der Waals surface area contributed by atoms with Crippen LogP contribution in [-0.4, -0.2) is 0 Å². The standard InChI is InChI=1S/C22H15NO2/c1-3-7-15-13(5-1)9-11-17-19(15)24-22-18-12-10-14-6-2-4-8-16(14)20(18)25-21(17)23-22/h1-12,21-23H/p+1/t21-,22-/m1/s1. The van der Waals surface area contributed by atoms with E-state index in [-0.39, 0.29) is 12.5 Å². The number of benzene rings is 4. The summed E-state index contributed by atoms with van der Waals surface area (Å²) in [5.41, 5.74) is 2.21. The van der Waals surface area contributed by atoms with Crippen LogP contribution in [0.3, 0.4) is 0 Å². The Balaban J connectivity index is 1.59. The number of quaternary nitrogens is 1. The Hall–Kier alpha value is -3.04. The molecule has 2 bridgehead atoms. The number of fused-ring (bicyclic) bond motifs is 10. The second-order valence-electron chi connectivity index (χ2n) is 6.68. The molecule has 0 aliphatic carbocycles. The highest BCUT2D eigenvalue weighted by atomic mass is 16.5. The summed E-state index contributed by atoms with van der Waals surface area (Å²) >= 11 is 0. The fourth-order valence-electron chi connectivity index (χ4n) is 4.06. The highest BCUT2D eigenvalue weighted by molar-refractivity contribution is 5.91. The highest BCUT2D eigenvalue weighted by Crippen LogP contribution is 2.44. The van der Waals surface area contributed by atoms with E-state index in [1.54, 1.807) is 0 Å². The molecule has 0 aromatic heterocycles. The fraction of sp³-hybridized carbons (Fsp3) is 0.0909. The first-order chi connectivity index (χ1) is 12.4. The quantitative estimate of drug-likeness (QED) is 0.529. The molecule has 0 unspecified atom stereocenters. The maximum Gasteiger partial charge on any atom is 0.264 e. The van der Waals surface area contributed by atoms with E-state index in [0.717, 1.165) is 33.4 Å². The second kappa shape index (κ2) is 4.74. The number of ether oxygens (including phenoxy) is 2. The lowest BCUT2D eigenvalue weighted by atomic mass is 9.98. The molecule has 0 fully saturated rings. The van der Waals surface area contributed by atoms with Crippen molar-refractivity contribution in [3.63, 3.8) is 0 Å². The van der Waals surface area contributed by atoms with E-state index >= 15 is 0 Å². The van der Waals surface area contributed by atoms with Crippen molar-refractivity contribution in [1.82, 2.24) is 0 Å². The third-order valence-corrected chi connectivity index (χ3v) is 5.27. The third-order valence-electron chi connectivity index (χ3n) is 5.27. The van der Waals surface area contributed by atoms with Crippen molar-refractivity contribution in [2.75, 3.05) is 0 Å². The Morgan fingerprint density at radius 3 is 1.56 bits per heavy atom. The molecule has 0 saturated carbocycles. The minimum absolute atomic E-state index is 0.0725. The molecule has 2 heterocycles. The monoisotopic (exact) mass is 326 g/mol. The van der Waals surface area contributed by atoms with Gasteiger partial charge in [0.1, 0.15) is 11.5 Å². The van der Waals surface area contributed by atoms with Gasteiger partial charge in [-0.1, -0.05) is 60.7 Å². The average Bonchev–Trinajstić information content (AvgIpc) is 2.68. The predicted molar refractivity (Wildman–Crippen MR) is 96.6 cm³/mol. The zero-order valence-electron chi connectivity index (χ0n) is 13.5. The van der Waals surface area contributed by atoms with Crippen molar-refractivity contribution in [2.24, 2.45) is 0 Å². The van der Waals surface area contributed by atoms with Gasteiger partial charge < -0.3 is 9.47 Å². The van der Waals surface area contributed by atoms with Crippen LogP contribution in [0.25, 0.3) is 21.5 Å². The molecule has 4 aromatic rings. The van der Waals surface area contributed by atoms with E-state index < -0.39 is 0 Å². The predicted octanol–water partition coefficient (Wildman–Crippen LogP) is 4.04. The second-order valence-corrected chi connectivity index (χ2v) is 6.68. The van der Waals surface area contributed by atoms with Crippen molar-refractivity contribution < 1.29 is 14.8 Å². The molecule has 120 valence electrons. The summed E-state index contributed by atoms with van der Waals surface area (Å²) in [6, 6.07) is 25.3. The summed E-state index contributed by atoms with van der Waals surface area (Å²) in [5.74, 6) is 1.91. The van der Waals surface area contributed by atoms with E-state index in [1.165, 1.54) is 10.8 Å². The number of hydrogen-bond acceptors (Lipinski definition) is 2. The van der Waals surface area contributed by atoms with Gasteiger partial charge in [0.15, 0.2) is 0 Å².